The number of guanidine groups is 1. The average molecular weight is 357 g/mol. The van der Waals surface area contributed by atoms with Crippen LogP contribution < -0.4 is 5.32 Å². The highest BCUT2D eigenvalue weighted by molar-refractivity contribution is 14.0. The van der Waals surface area contributed by atoms with Crippen LogP contribution in [-0.4, -0.2) is 23.9 Å². The molecule has 1 saturated heterocycles. The molecule has 1 aliphatic rings. The van der Waals surface area contributed by atoms with Crippen molar-refractivity contribution in [1.82, 2.24) is 4.90 Å². The molecule has 2 N–H and O–H groups in total. The first-order valence-electron chi connectivity index (χ1n) is 6.04. The van der Waals surface area contributed by atoms with Gasteiger partial charge in [-0.05, 0) is 31.4 Å². The standard InChI is InChI=1S/C14H19N3.HI/c1-11(2)12-7-3-4-8-13(12)16-14(15)17-9-5-6-10-17;/h3-4,7-8H,1,5-6,9-10H2,2H3,(H2,15,16);1H. The second-order valence-corrected chi connectivity index (χ2v) is 4.49. The molecule has 0 unspecified atom stereocenters. The summed E-state index contributed by atoms with van der Waals surface area (Å²) in [7, 11) is 0. The third kappa shape index (κ3) is 3.48. The molecular formula is C14H20IN3. The molecule has 98 valence electrons. The van der Waals surface area contributed by atoms with Crippen molar-refractivity contribution in [2.45, 2.75) is 19.8 Å². The van der Waals surface area contributed by atoms with Gasteiger partial charge in [-0.15, -0.1) is 24.0 Å². The highest BCUT2D eigenvalue weighted by Crippen LogP contribution is 2.22. The van der Waals surface area contributed by atoms with Gasteiger partial charge in [-0.3, -0.25) is 5.41 Å². The smallest absolute Gasteiger partial charge is 0.195 e. The summed E-state index contributed by atoms with van der Waals surface area (Å²) in [6.07, 6.45) is 2.37. The first-order valence-corrected chi connectivity index (χ1v) is 6.04. The molecular weight excluding hydrogens is 337 g/mol. The Balaban J connectivity index is 0.00000162. The topological polar surface area (TPSA) is 39.1 Å². The van der Waals surface area contributed by atoms with E-state index in [1.807, 2.05) is 31.2 Å². The highest BCUT2D eigenvalue weighted by atomic mass is 127. The Labute approximate surface area is 126 Å². The molecule has 0 spiro atoms. The Morgan fingerprint density at radius 1 is 1.28 bits per heavy atom. The van der Waals surface area contributed by atoms with Crippen LogP contribution in [-0.2, 0) is 0 Å². The third-order valence-corrected chi connectivity index (χ3v) is 3.06. The van der Waals surface area contributed by atoms with Gasteiger partial charge in [-0.1, -0.05) is 24.8 Å². The summed E-state index contributed by atoms with van der Waals surface area (Å²) in [6.45, 7) is 7.93. The number of hydrogen-bond donors (Lipinski definition) is 2. The van der Waals surface area contributed by atoms with Crippen molar-refractivity contribution in [3.05, 3.63) is 36.4 Å². The fourth-order valence-electron chi connectivity index (χ4n) is 2.11. The lowest BCUT2D eigenvalue weighted by molar-refractivity contribution is 0.514. The zero-order chi connectivity index (χ0) is 12.3. The van der Waals surface area contributed by atoms with Gasteiger partial charge in [-0.2, -0.15) is 0 Å². The number of benzene rings is 1. The van der Waals surface area contributed by atoms with Crippen LogP contribution >= 0.6 is 24.0 Å². The van der Waals surface area contributed by atoms with Gasteiger partial charge in [0.25, 0.3) is 0 Å². The van der Waals surface area contributed by atoms with Crippen LogP contribution in [0.4, 0.5) is 5.69 Å². The minimum atomic E-state index is 0. The van der Waals surface area contributed by atoms with E-state index in [0.717, 1.165) is 29.9 Å². The first-order chi connectivity index (χ1) is 8.18. The monoisotopic (exact) mass is 357 g/mol. The summed E-state index contributed by atoms with van der Waals surface area (Å²) in [5.41, 5.74) is 3.07. The highest BCUT2D eigenvalue weighted by Gasteiger charge is 2.15. The molecule has 3 nitrogen and oxygen atoms in total. The van der Waals surface area contributed by atoms with Crippen LogP contribution in [0.15, 0.2) is 30.8 Å². The molecule has 0 aromatic heterocycles. The maximum Gasteiger partial charge on any atom is 0.195 e. The van der Waals surface area contributed by atoms with Crippen molar-refractivity contribution in [2.24, 2.45) is 0 Å². The molecule has 0 atom stereocenters. The molecule has 0 bridgehead atoms. The van der Waals surface area contributed by atoms with E-state index in [-0.39, 0.29) is 24.0 Å². The van der Waals surface area contributed by atoms with Crippen molar-refractivity contribution in [2.75, 3.05) is 18.4 Å². The van der Waals surface area contributed by atoms with Crippen LogP contribution in [0.3, 0.4) is 0 Å². The van der Waals surface area contributed by atoms with Crippen molar-refractivity contribution in [1.29, 1.82) is 5.41 Å². The van der Waals surface area contributed by atoms with Crippen molar-refractivity contribution >= 4 is 41.2 Å². The number of nitrogens with zero attached hydrogens (tertiary/aromatic N) is 1. The molecule has 18 heavy (non-hydrogen) atoms. The Morgan fingerprint density at radius 2 is 1.89 bits per heavy atom. The van der Waals surface area contributed by atoms with Crippen molar-refractivity contribution in [3.8, 4) is 0 Å². The number of hydrogen-bond acceptors (Lipinski definition) is 1. The van der Waals surface area contributed by atoms with Gasteiger partial charge in [0.05, 0.1) is 0 Å². The fourth-order valence-corrected chi connectivity index (χ4v) is 2.11. The normalized spacial score (nSPS) is 13.9. The van der Waals surface area contributed by atoms with E-state index in [9.17, 15) is 0 Å². The molecule has 2 rings (SSSR count). The van der Waals surface area contributed by atoms with Crippen LogP contribution in [0, 0.1) is 5.41 Å². The second-order valence-electron chi connectivity index (χ2n) is 4.49. The minimum absolute atomic E-state index is 0. The largest absolute Gasteiger partial charge is 0.343 e. The zero-order valence-corrected chi connectivity index (χ0v) is 13.0. The number of likely N-dealkylation sites (tertiary alicyclic amines) is 1. The van der Waals surface area contributed by atoms with Crippen molar-refractivity contribution in [3.63, 3.8) is 0 Å². The lowest BCUT2D eigenvalue weighted by Crippen LogP contribution is -2.33. The molecule has 1 heterocycles. The van der Waals surface area contributed by atoms with E-state index in [1.165, 1.54) is 12.8 Å². The SMILES string of the molecule is C=C(C)c1ccccc1NC(=N)N1CCCC1.I. The maximum atomic E-state index is 8.05. The minimum Gasteiger partial charge on any atom is -0.343 e. The van der Waals surface area contributed by atoms with E-state index in [4.69, 9.17) is 5.41 Å². The van der Waals surface area contributed by atoms with E-state index >= 15 is 0 Å². The molecule has 0 saturated carbocycles. The molecule has 1 fully saturated rings. The second kappa shape index (κ2) is 6.78. The Morgan fingerprint density at radius 3 is 2.50 bits per heavy atom. The molecule has 1 aromatic carbocycles. The van der Waals surface area contributed by atoms with Gasteiger partial charge in [0.2, 0.25) is 0 Å². The summed E-state index contributed by atoms with van der Waals surface area (Å²) >= 11 is 0. The number of allylic oxidation sites excluding steroid dienone is 1. The van der Waals surface area contributed by atoms with E-state index in [2.05, 4.69) is 16.8 Å². The van der Waals surface area contributed by atoms with E-state index < -0.39 is 0 Å². The fraction of sp³-hybridized carbons (Fsp3) is 0.357. The quantitative estimate of drug-likeness (QED) is 0.480. The number of para-hydroxylation sites is 1. The zero-order valence-electron chi connectivity index (χ0n) is 10.7. The number of rotatable bonds is 2. The number of nitrogens with one attached hydrogen (secondary N) is 2. The number of halogens is 1. The summed E-state index contributed by atoms with van der Waals surface area (Å²) in [5, 5.41) is 11.2. The predicted molar refractivity (Wildman–Crippen MR) is 88.7 cm³/mol. The summed E-state index contributed by atoms with van der Waals surface area (Å²) in [4.78, 5) is 2.08. The lowest BCUT2D eigenvalue weighted by atomic mass is 10.1. The van der Waals surface area contributed by atoms with Crippen LogP contribution in [0.25, 0.3) is 5.57 Å². The molecule has 0 amide bonds. The lowest BCUT2D eigenvalue weighted by Gasteiger charge is -2.21. The van der Waals surface area contributed by atoms with E-state index in [0.29, 0.717) is 5.96 Å². The molecule has 1 aliphatic heterocycles. The molecule has 4 heteroatoms. The number of anilines is 1. The summed E-state index contributed by atoms with van der Waals surface area (Å²) in [6, 6.07) is 8.00. The average Bonchev–Trinajstić information content (AvgIpc) is 2.83. The van der Waals surface area contributed by atoms with Gasteiger partial charge < -0.3 is 10.2 Å². The first kappa shape index (κ1) is 15.0. The van der Waals surface area contributed by atoms with Gasteiger partial charge in [-0.25, -0.2) is 0 Å². The Kier molecular flexibility index (Phi) is 5.65. The third-order valence-electron chi connectivity index (χ3n) is 3.06. The summed E-state index contributed by atoms with van der Waals surface area (Å²) in [5.74, 6) is 0.496. The summed E-state index contributed by atoms with van der Waals surface area (Å²) < 4.78 is 0. The predicted octanol–water partition coefficient (Wildman–Crippen LogP) is 3.78. The van der Waals surface area contributed by atoms with Gasteiger partial charge >= 0.3 is 0 Å². The Hall–Kier alpha value is -1.04. The molecule has 1 aromatic rings. The maximum absolute atomic E-state index is 8.05. The van der Waals surface area contributed by atoms with E-state index in [1.54, 1.807) is 0 Å². The van der Waals surface area contributed by atoms with Crippen molar-refractivity contribution < 1.29 is 0 Å². The molecule has 0 radical (unpaired) electrons. The van der Waals surface area contributed by atoms with Gasteiger partial charge in [0.1, 0.15) is 0 Å². The van der Waals surface area contributed by atoms with Crippen LogP contribution in [0.5, 0.6) is 0 Å². The van der Waals surface area contributed by atoms with Crippen LogP contribution in [0.1, 0.15) is 25.3 Å². The van der Waals surface area contributed by atoms with Gasteiger partial charge in [0, 0.05) is 24.3 Å². The molecule has 0 aliphatic carbocycles. The van der Waals surface area contributed by atoms with Gasteiger partial charge in [0.15, 0.2) is 5.96 Å². The Bertz CT molecular complexity index is 436. The van der Waals surface area contributed by atoms with Crippen LogP contribution in [0.2, 0.25) is 0 Å².